The lowest BCUT2D eigenvalue weighted by molar-refractivity contribution is -0.132. The molecule has 7 heteroatoms. The highest BCUT2D eigenvalue weighted by molar-refractivity contribution is 6.52. The summed E-state index contributed by atoms with van der Waals surface area (Å²) >= 11 is 0. The summed E-state index contributed by atoms with van der Waals surface area (Å²) in [6.45, 7) is 8.19. The summed E-state index contributed by atoms with van der Waals surface area (Å²) in [5.41, 5.74) is 1.89. The van der Waals surface area contributed by atoms with E-state index in [1.807, 2.05) is 57.2 Å². The number of aliphatic hydroxyl groups is 1. The number of anilines is 1. The molecule has 0 aliphatic carbocycles. The van der Waals surface area contributed by atoms with Crippen molar-refractivity contribution in [1.82, 2.24) is 0 Å². The number of phenolic OH excluding ortho intramolecular Hbond substituents is 1. The molecule has 1 unspecified atom stereocenters. The molecule has 0 aromatic heterocycles. The molecule has 2 N–H and O–H groups in total. The minimum atomic E-state index is -0.985. The number of benzene rings is 4. The van der Waals surface area contributed by atoms with Crippen molar-refractivity contribution in [1.29, 1.82) is 0 Å². The van der Waals surface area contributed by atoms with E-state index in [-0.39, 0.29) is 28.2 Å². The molecule has 4 aromatic carbocycles. The first kappa shape index (κ1) is 27.8. The zero-order chi connectivity index (χ0) is 29.5. The molecule has 41 heavy (non-hydrogen) atoms. The fraction of sp³-hybridized carbons (Fsp3) is 0.235. The number of phenols is 1. The van der Waals surface area contributed by atoms with E-state index in [9.17, 15) is 19.8 Å². The summed E-state index contributed by atoms with van der Waals surface area (Å²) in [5.74, 6) is -1.06. The maximum atomic E-state index is 13.8. The van der Waals surface area contributed by atoms with Crippen molar-refractivity contribution in [3.8, 4) is 17.2 Å². The molecule has 1 heterocycles. The Morgan fingerprint density at radius 1 is 0.927 bits per heavy atom. The summed E-state index contributed by atoms with van der Waals surface area (Å²) in [7, 11) is 1.58. The predicted octanol–water partition coefficient (Wildman–Crippen LogP) is 6.88. The molecule has 4 aromatic rings. The smallest absolute Gasteiger partial charge is 0.300 e. The number of hydrogen-bond donors (Lipinski definition) is 2. The first-order valence-corrected chi connectivity index (χ1v) is 13.5. The van der Waals surface area contributed by atoms with Gasteiger partial charge in [0.15, 0.2) is 11.5 Å². The maximum Gasteiger partial charge on any atom is 0.300 e. The number of aromatic hydroxyl groups is 1. The predicted molar refractivity (Wildman–Crippen MR) is 160 cm³/mol. The molecule has 1 atom stereocenters. The highest BCUT2D eigenvalue weighted by atomic mass is 16.5. The number of hydrogen-bond acceptors (Lipinski definition) is 6. The van der Waals surface area contributed by atoms with Crippen LogP contribution in [0, 0.1) is 0 Å². The van der Waals surface area contributed by atoms with E-state index in [0.717, 1.165) is 16.3 Å². The standard InChI is InChI=1S/C34H33NO6/c1-6-41-28-19-21(14-16-26(28)36)30-29(31(37)22-15-17-27(40-5)24(18-22)34(2,3)4)32(38)33(39)35(30)25-13-9-11-20-10-7-8-12-23(20)25/h7-19,30,36-37H,6H2,1-5H3/b31-29+. The molecule has 1 fully saturated rings. The molecule has 5 rings (SSSR count). The van der Waals surface area contributed by atoms with E-state index in [1.54, 1.807) is 50.4 Å². The number of ether oxygens (including phenoxy) is 2. The molecule has 1 saturated heterocycles. The average molecular weight is 552 g/mol. The van der Waals surface area contributed by atoms with Gasteiger partial charge < -0.3 is 19.7 Å². The van der Waals surface area contributed by atoms with Crippen LogP contribution in [0.2, 0.25) is 0 Å². The van der Waals surface area contributed by atoms with E-state index in [2.05, 4.69) is 0 Å². The van der Waals surface area contributed by atoms with Gasteiger partial charge in [-0.05, 0) is 59.7 Å². The lowest BCUT2D eigenvalue weighted by Crippen LogP contribution is -2.29. The van der Waals surface area contributed by atoms with E-state index in [0.29, 0.717) is 29.2 Å². The van der Waals surface area contributed by atoms with Gasteiger partial charge in [-0.3, -0.25) is 14.5 Å². The van der Waals surface area contributed by atoms with Gasteiger partial charge in [-0.1, -0.05) is 63.2 Å². The molecule has 1 aliphatic rings. The van der Waals surface area contributed by atoms with Crippen molar-refractivity contribution in [2.24, 2.45) is 0 Å². The number of rotatable bonds is 6. The quantitative estimate of drug-likeness (QED) is 0.154. The Morgan fingerprint density at radius 2 is 1.66 bits per heavy atom. The van der Waals surface area contributed by atoms with Crippen LogP contribution in [-0.2, 0) is 15.0 Å². The molecule has 0 saturated carbocycles. The number of amides is 1. The number of methoxy groups -OCH3 is 1. The Labute approximate surface area is 239 Å². The van der Waals surface area contributed by atoms with E-state index in [4.69, 9.17) is 9.47 Å². The van der Waals surface area contributed by atoms with Crippen LogP contribution in [0.25, 0.3) is 16.5 Å². The normalized spacial score (nSPS) is 16.8. The van der Waals surface area contributed by atoms with Gasteiger partial charge in [0.05, 0.1) is 31.0 Å². The second kappa shape index (κ2) is 10.7. The topological polar surface area (TPSA) is 96.3 Å². The van der Waals surface area contributed by atoms with Crippen LogP contribution in [0.15, 0.2) is 84.4 Å². The number of carbonyl (C=O) groups is 2. The van der Waals surface area contributed by atoms with Crippen molar-refractivity contribution >= 4 is 33.9 Å². The molecule has 0 spiro atoms. The number of fused-ring (bicyclic) bond motifs is 1. The zero-order valence-electron chi connectivity index (χ0n) is 23.8. The molecule has 1 aliphatic heterocycles. The third-order valence-electron chi connectivity index (χ3n) is 7.35. The summed E-state index contributed by atoms with van der Waals surface area (Å²) < 4.78 is 11.2. The second-order valence-electron chi connectivity index (χ2n) is 11.0. The fourth-order valence-corrected chi connectivity index (χ4v) is 5.38. The largest absolute Gasteiger partial charge is 0.507 e. The first-order chi connectivity index (χ1) is 19.6. The number of carbonyl (C=O) groups excluding carboxylic acids is 2. The third-order valence-corrected chi connectivity index (χ3v) is 7.35. The van der Waals surface area contributed by atoms with Gasteiger partial charge in [0.25, 0.3) is 11.7 Å². The average Bonchev–Trinajstić information content (AvgIpc) is 3.22. The van der Waals surface area contributed by atoms with E-state index in [1.165, 1.54) is 11.0 Å². The van der Waals surface area contributed by atoms with Crippen LogP contribution < -0.4 is 14.4 Å². The summed E-state index contributed by atoms with van der Waals surface area (Å²) in [6.07, 6.45) is 0. The van der Waals surface area contributed by atoms with Crippen molar-refractivity contribution in [3.63, 3.8) is 0 Å². The monoisotopic (exact) mass is 551 g/mol. The Hall–Kier alpha value is -4.78. The van der Waals surface area contributed by atoms with Crippen molar-refractivity contribution in [2.75, 3.05) is 18.6 Å². The van der Waals surface area contributed by atoms with Crippen molar-refractivity contribution < 1.29 is 29.3 Å². The summed E-state index contributed by atoms with van der Waals surface area (Å²) in [5, 5.41) is 23.8. The Balaban J connectivity index is 1.79. The van der Waals surface area contributed by atoms with E-state index < -0.39 is 17.7 Å². The lowest BCUT2D eigenvalue weighted by Gasteiger charge is -2.27. The van der Waals surface area contributed by atoms with Crippen LogP contribution in [0.5, 0.6) is 17.2 Å². The molecular formula is C34H33NO6. The number of nitrogens with zero attached hydrogens (tertiary/aromatic N) is 1. The molecule has 210 valence electrons. The lowest BCUT2D eigenvalue weighted by atomic mass is 9.84. The van der Waals surface area contributed by atoms with Crippen LogP contribution >= 0.6 is 0 Å². The van der Waals surface area contributed by atoms with Crippen LogP contribution in [0.1, 0.15) is 50.4 Å². The minimum absolute atomic E-state index is 0.0545. The van der Waals surface area contributed by atoms with Crippen molar-refractivity contribution in [2.45, 2.75) is 39.2 Å². The molecule has 0 bridgehead atoms. The molecule has 7 nitrogen and oxygen atoms in total. The van der Waals surface area contributed by atoms with Gasteiger partial charge in [-0.2, -0.15) is 0 Å². The van der Waals surface area contributed by atoms with Crippen LogP contribution in [-0.4, -0.2) is 35.6 Å². The maximum absolute atomic E-state index is 13.8. The van der Waals surface area contributed by atoms with Crippen molar-refractivity contribution in [3.05, 3.63) is 101 Å². The number of aliphatic hydroxyl groups excluding tert-OH is 1. The summed E-state index contributed by atoms with van der Waals surface area (Å²) in [6, 6.07) is 22.1. The van der Waals surface area contributed by atoms with Gasteiger partial charge >= 0.3 is 0 Å². The fourth-order valence-electron chi connectivity index (χ4n) is 5.38. The first-order valence-electron chi connectivity index (χ1n) is 13.5. The highest BCUT2D eigenvalue weighted by Gasteiger charge is 2.47. The zero-order valence-corrected chi connectivity index (χ0v) is 23.8. The number of Topliss-reactive ketones (excluding diaryl/α,β-unsaturated/α-hetero) is 1. The SMILES string of the molecule is CCOc1cc(C2/C(=C(\O)c3ccc(OC)c(C(C)(C)C)c3)C(=O)C(=O)N2c2cccc3ccccc23)ccc1O. The Kier molecular flexibility index (Phi) is 7.22. The third kappa shape index (κ3) is 4.88. The van der Waals surface area contributed by atoms with Crippen LogP contribution in [0.3, 0.4) is 0 Å². The van der Waals surface area contributed by atoms with Gasteiger partial charge in [0.2, 0.25) is 0 Å². The molecular weight excluding hydrogens is 518 g/mol. The van der Waals surface area contributed by atoms with E-state index >= 15 is 0 Å². The van der Waals surface area contributed by atoms with Gasteiger partial charge in [-0.25, -0.2) is 0 Å². The number of ketones is 1. The van der Waals surface area contributed by atoms with Crippen LogP contribution in [0.4, 0.5) is 5.69 Å². The highest BCUT2D eigenvalue weighted by Crippen LogP contribution is 2.46. The Bertz CT molecular complexity index is 1690. The second-order valence-corrected chi connectivity index (χ2v) is 11.0. The molecule has 1 amide bonds. The minimum Gasteiger partial charge on any atom is -0.507 e. The van der Waals surface area contributed by atoms with Gasteiger partial charge in [0.1, 0.15) is 11.5 Å². The molecule has 0 radical (unpaired) electrons. The summed E-state index contributed by atoms with van der Waals surface area (Å²) in [4.78, 5) is 29.0. The van der Waals surface area contributed by atoms with Gasteiger partial charge in [-0.15, -0.1) is 0 Å². The Morgan fingerprint density at radius 3 is 2.37 bits per heavy atom. The van der Waals surface area contributed by atoms with Gasteiger partial charge in [0, 0.05) is 16.5 Å².